The maximum Gasteiger partial charge on any atom is 0.127 e. The Bertz CT molecular complexity index is 402. The third kappa shape index (κ3) is 2.63. The molecule has 1 heterocycles. The summed E-state index contributed by atoms with van der Waals surface area (Å²) in [6.45, 7) is 9.84. The van der Waals surface area contributed by atoms with E-state index in [0.717, 1.165) is 31.9 Å². The van der Waals surface area contributed by atoms with E-state index in [2.05, 4.69) is 41.4 Å². The Hall–Kier alpha value is -0.870. The largest absolute Gasteiger partial charge is 0.334 e. The van der Waals surface area contributed by atoms with Gasteiger partial charge in [0.2, 0.25) is 0 Å². The molecule has 1 aromatic rings. The Kier molecular flexibility index (Phi) is 5.22. The van der Waals surface area contributed by atoms with Gasteiger partial charge in [0.25, 0.3) is 0 Å². The normalized spacial score (nSPS) is 19.6. The van der Waals surface area contributed by atoms with Crippen molar-refractivity contribution in [3.63, 3.8) is 0 Å². The van der Waals surface area contributed by atoms with Crippen LogP contribution in [0.4, 0.5) is 0 Å². The zero-order chi connectivity index (χ0) is 14.6. The Morgan fingerprint density at radius 1 is 1.30 bits per heavy atom. The zero-order valence-electron chi connectivity index (χ0n) is 13.3. The van der Waals surface area contributed by atoms with Crippen LogP contribution in [0.1, 0.15) is 64.7 Å². The predicted molar refractivity (Wildman–Crippen MR) is 83.6 cm³/mol. The maximum absolute atomic E-state index is 6.74. The molecule has 114 valence electrons. The summed E-state index contributed by atoms with van der Waals surface area (Å²) in [5, 5.41) is 0. The molecule has 0 spiro atoms. The molecule has 1 aromatic heterocycles. The van der Waals surface area contributed by atoms with Crippen molar-refractivity contribution < 1.29 is 0 Å². The van der Waals surface area contributed by atoms with Gasteiger partial charge in [0.15, 0.2) is 0 Å². The van der Waals surface area contributed by atoms with E-state index in [1.165, 1.54) is 25.7 Å². The van der Waals surface area contributed by atoms with Crippen LogP contribution in [0.15, 0.2) is 12.4 Å². The Morgan fingerprint density at radius 3 is 2.50 bits per heavy atom. The van der Waals surface area contributed by atoms with E-state index in [1.54, 1.807) is 0 Å². The van der Waals surface area contributed by atoms with Gasteiger partial charge in [0, 0.05) is 24.5 Å². The molecular weight excluding hydrogens is 248 g/mol. The number of nitrogens with zero attached hydrogens (tertiary/aromatic N) is 3. The summed E-state index contributed by atoms with van der Waals surface area (Å²) in [4.78, 5) is 7.15. The molecule has 0 aromatic carbocycles. The second-order valence-corrected chi connectivity index (χ2v) is 5.94. The first-order valence-electron chi connectivity index (χ1n) is 8.21. The number of nitrogens with two attached hydrogens (primary N) is 1. The zero-order valence-corrected chi connectivity index (χ0v) is 13.3. The van der Waals surface area contributed by atoms with Crippen molar-refractivity contribution in [2.45, 2.75) is 71.0 Å². The third-order valence-electron chi connectivity index (χ3n) is 4.93. The van der Waals surface area contributed by atoms with Gasteiger partial charge in [-0.25, -0.2) is 4.98 Å². The highest BCUT2D eigenvalue weighted by atomic mass is 15.2. The third-order valence-corrected chi connectivity index (χ3v) is 4.93. The van der Waals surface area contributed by atoms with Gasteiger partial charge >= 0.3 is 0 Å². The van der Waals surface area contributed by atoms with Gasteiger partial charge in [0.05, 0.1) is 6.04 Å². The first-order chi connectivity index (χ1) is 9.69. The predicted octanol–water partition coefficient (Wildman–Crippen LogP) is 2.95. The second kappa shape index (κ2) is 6.72. The highest BCUT2D eigenvalue weighted by Gasteiger charge is 2.45. The van der Waals surface area contributed by atoms with Crippen LogP contribution in [0.25, 0.3) is 0 Å². The van der Waals surface area contributed by atoms with E-state index >= 15 is 0 Å². The number of hydrogen-bond acceptors (Lipinski definition) is 3. The van der Waals surface area contributed by atoms with Crippen molar-refractivity contribution in [2.24, 2.45) is 5.73 Å². The summed E-state index contributed by atoms with van der Waals surface area (Å²) in [5.41, 5.74) is 6.85. The van der Waals surface area contributed by atoms with Gasteiger partial charge in [-0.1, -0.05) is 33.6 Å². The van der Waals surface area contributed by atoms with Crippen LogP contribution in [0, 0.1) is 0 Å². The van der Waals surface area contributed by atoms with Gasteiger partial charge in [-0.3, -0.25) is 4.90 Å². The number of aromatic nitrogens is 2. The lowest BCUT2D eigenvalue weighted by Crippen LogP contribution is -2.54. The lowest BCUT2D eigenvalue weighted by atomic mass is 9.85. The maximum atomic E-state index is 6.74. The monoisotopic (exact) mass is 278 g/mol. The fourth-order valence-corrected chi connectivity index (χ4v) is 3.93. The molecule has 4 nitrogen and oxygen atoms in total. The molecule has 1 atom stereocenters. The van der Waals surface area contributed by atoms with E-state index < -0.39 is 0 Å². The van der Waals surface area contributed by atoms with Gasteiger partial charge in [-0.15, -0.1) is 0 Å². The van der Waals surface area contributed by atoms with Crippen molar-refractivity contribution in [3.8, 4) is 0 Å². The Morgan fingerprint density at radius 2 is 1.95 bits per heavy atom. The molecule has 0 radical (unpaired) electrons. The molecular formula is C16H30N4. The minimum atomic E-state index is 0.0199. The molecule has 2 N–H and O–H groups in total. The molecule has 1 aliphatic carbocycles. The summed E-state index contributed by atoms with van der Waals surface area (Å²) < 4.78 is 2.24. The first kappa shape index (κ1) is 15.5. The van der Waals surface area contributed by atoms with Gasteiger partial charge < -0.3 is 10.3 Å². The van der Waals surface area contributed by atoms with Gasteiger partial charge in [-0.05, 0) is 32.4 Å². The Balaban J connectivity index is 2.31. The highest BCUT2D eigenvalue weighted by Crippen LogP contribution is 2.42. The second-order valence-electron chi connectivity index (χ2n) is 5.94. The fourth-order valence-electron chi connectivity index (χ4n) is 3.93. The van der Waals surface area contributed by atoms with E-state index in [4.69, 9.17) is 5.73 Å². The number of likely N-dealkylation sites (N-methyl/N-ethyl adjacent to an activating group) is 1. The average molecular weight is 278 g/mol. The molecule has 0 aliphatic heterocycles. The number of aryl methyl sites for hydroxylation is 1. The minimum Gasteiger partial charge on any atom is -0.334 e. The van der Waals surface area contributed by atoms with Crippen LogP contribution in [-0.4, -0.2) is 33.1 Å². The summed E-state index contributed by atoms with van der Waals surface area (Å²) in [7, 11) is 0. The first-order valence-corrected chi connectivity index (χ1v) is 8.21. The van der Waals surface area contributed by atoms with Crippen molar-refractivity contribution in [3.05, 3.63) is 18.2 Å². The van der Waals surface area contributed by atoms with Crippen LogP contribution < -0.4 is 5.73 Å². The van der Waals surface area contributed by atoms with Crippen molar-refractivity contribution in [1.82, 2.24) is 14.5 Å². The van der Waals surface area contributed by atoms with Crippen LogP contribution in [0.2, 0.25) is 0 Å². The molecule has 4 heteroatoms. The molecule has 1 fully saturated rings. The standard InChI is InChI=1S/C16H30N4/c1-4-12-19-13-11-18-15(19)14(17)16(9-7-8-10-16)20(5-2)6-3/h11,13-14H,4-10,12,17H2,1-3H3. The summed E-state index contributed by atoms with van der Waals surface area (Å²) >= 11 is 0. The fraction of sp³-hybridized carbons (Fsp3) is 0.812. The molecule has 1 unspecified atom stereocenters. The minimum absolute atomic E-state index is 0.0199. The molecule has 0 bridgehead atoms. The molecule has 0 saturated heterocycles. The lowest BCUT2D eigenvalue weighted by molar-refractivity contribution is 0.0728. The van der Waals surface area contributed by atoms with Crippen LogP contribution in [-0.2, 0) is 6.54 Å². The summed E-state index contributed by atoms with van der Waals surface area (Å²) in [6, 6.07) is 0.0199. The highest BCUT2D eigenvalue weighted by molar-refractivity contribution is 5.12. The van der Waals surface area contributed by atoms with E-state index in [-0.39, 0.29) is 11.6 Å². The Labute approximate surface area is 123 Å². The molecule has 20 heavy (non-hydrogen) atoms. The van der Waals surface area contributed by atoms with Gasteiger partial charge in [0.1, 0.15) is 5.82 Å². The summed E-state index contributed by atoms with van der Waals surface area (Å²) in [5.74, 6) is 1.07. The van der Waals surface area contributed by atoms with Crippen molar-refractivity contribution in [2.75, 3.05) is 13.1 Å². The SMILES string of the molecule is CCCn1ccnc1C(N)C1(N(CC)CC)CCCC1. The van der Waals surface area contributed by atoms with Crippen molar-refractivity contribution in [1.29, 1.82) is 0 Å². The smallest absolute Gasteiger partial charge is 0.127 e. The molecule has 0 amide bonds. The quantitative estimate of drug-likeness (QED) is 0.834. The summed E-state index contributed by atoms with van der Waals surface area (Å²) in [6.07, 6.45) is 10.1. The van der Waals surface area contributed by atoms with E-state index in [1.807, 2.05) is 6.20 Å². The average Bonchev–Trinajstić information content (AvgIpc) is 3.10. The van der Waals surface area contributed by atoms with E-state index in [0.29, 0.717) is 0 Å². The molecule has 2 rings (SSSR count). The number of hydrogen-bond donors (Lipinski definition) is 1. The van der Waals surface area contributed by atoms with Gasteiger partial charge in [-0.2, -0.15) is 0 Å². The van der Waals surface area contributed by atoms with Crippen molar-refractivity contribution >= 4 is 0 Å². The number of imidazole rings is 1. The van der Waals surface area contributed by atoms with Crippen LogP contribution in [0.3, 0.4) is 0 Å². The molecule has 1 saturated carbocycles. The lowest BCUT2D eigenvalue weighted by Gasteiger charge is -2.44. The van der Waals surface area contributed by atoms with Crippen LogP contribution >= 0.6 is 0 Å². The topological polar surface area (TPSA) is 47.1 Å². The number of rotatable bonds is 7. The van der Waals surface area contributed by atoms with Crippen LogP contribution in [0.5, 0.6) is 0 Å². The van der Waals surface area contributed by atoms with E-state index in [9.17, 15) is 0 Å². The molecule has 1 aliphatic rings.